The molecule has 0 saturated carbocycles. The highest BCUT2D eigenvalue weighted by Gasteiger charge is 2.26. The van der Waals surface area contributed by atoms with Crippen LogP contribution in [-0.2, 0) is 17.9 Å². The van der Waals surface area contributed by atoms with Crippen molar-refractivity contribution in [2.24, 2.45) is 0 Å². The summed E-state index contributed by atoms with van der Waals surface area (Å²) in [5.74, 6) is 0.535. The van der Waals surface area contributed by atoms with Gasteiger partial charge in [0.2, 0.25) is 0 Å². The summed E-state index contributed by atoms with van der Waals surface area (Å²) in [4.78, 5) is 0. The average molecular weight is 279 g/mol. The molecule has 0 aliphatic carbocycles. The van der Waals surface area contributed by atoms with E-state index in [4.69, 9.17) is 9.15 Å². The fourth-order valence-electron chi connectivity index (χ4n) is 1.32. The summed E-state index contributed by atoms with van der Waals surface area (Å²) in [6, 6.07) is 1.78. The molecule has 6 heteroatoms. The third-order valence-corrected chi connectivity index (χ3v) is 2.31. The number of ether oxygens (including phenoxy) is 1. The zero-order valence-electron chi connectivity index (χ0n) is 11.4. The van der Waals surface area contributed by atoms with Crippen LogP contribution in [0.5, 0.6) is 0 Å². The Morgan fingerprint density at radius 1 is 1.26 bits per heavy atom. The number of furan rings is 1. The predicted molar refractivity (Wildman–Crippen MR) is 65.6 cm³/mol. The van der Waals surface area contributed by atoms with E-state index in [2.05, 4.69) is 5.32 Å². The van der Waals surface area contributed by atoms with Crippen molar-refractivity contribution >= 4 is 0 Å². The molecule has 19 heavy (non-hydrogen) atoms. The molecular formula is C13H20F3NO2. The molecule has 0 saturated heterocycles. The summed E-state index contributed by atoms with van der Waals surface area (Å²) in [7, 11) is 0. The highest BCUT2D eigenvalue weighted by molar-refractivity contribution is 5.12. The quantitative estimate of drug-likeness (QED) is 0.807. The van der Waals surface area contributed by atoms with Crippen molar-refractivity contribution in [3.8, 4) is 0 Å². The summed E-state index contributed by atoms with van der Waals surface area (Å²) in [6.07, 6.45) is -3.53. The van der Waals surface area contributed by atoms with Gasteiger partial charge in [-0.2, -0.15) is 13.2 Å². The fourth-order valence-corrected chi connectivity index (χ4v) is 1.32. The fraction of sp³-hybridized carbons (Fsp3) is 0.692. The van der Waals surface area contributed by atoms with Gasteiger partial charge in [-0.3, -0.25) is 0 Å². The van der Waals surface area contributed by atoms with E-state index in [0.717, 1.165) is 5.56 Å². The van der Waals surface area contributed by atoms with E-state index < -0.39 is 12.6 Å². The molecule has 1 aromatic rings. The van der Waals surface area contributed by atoms with Crippen molar-refractivity contribution in [2.75, 3.05) is 6.61 Å². The summed E-state index contributed by atoms with van der Waals surface area (Å²) < 4.78 is 45.8. The standard InChI is InChI=1S/C13H20F3NO2/c1-12(2,3)17-7-10-6-11(19-8-10)9-18-5-4-13(14,15)16/h6,8,17H,4-5,7,9H2,1-3H3. The second-order valence-corrected chi connectivity index (χ2v) is 5.44. The Hall–Kier alpha value is -1.01. The Kier molecular flexibility index (Phi) is 5.43. The van der Waals surface area contributed by atoms with Gasteiger partial charge in [0.15, 0.2) is 0 Å². The lowest BCUT2D eigenvalue weighted by Crippen LogP contribution is -2.34. The first-order valence-electron chi connectivity index (χ1n) is 6.11. The van der Waals surface area contributed by atoms with Gasteiger partial charge in [-0.15, -0.1) is 0 Å². The Morgan fingerprint density at radius 2 is 1.95 bits per heavy atom. The predicted octanol–water partition coefficient (Wildman–Crippen LogP) is 3.64. The van der Waals surface area contributed by atoms with Gasteiger partial charge in [-0.1, -0.05) is 0 Å². The van der Waals surface area contributed by atoms with Crippen molar-refractivity contribution in [3.05, 3.63) is 23.7 Å². The van der Waals surface area contributed by atoms with Gasteiger partial charge in [0, 0.05) is 17.6 Å². The number of halogens is 3. The maximum Gasteiger partial charge on any atom is 0.391 e. The highest BCUT2D eigenvalue weighted by Crippen LogP contribution is 2.19. The summed E-state index contributed by atoms with van der Waals surface area (Å²) in [6.45, 7) is 6.51. The lowest BCUT2D eigenvalue weighted by molar-refractivity contribution is -0.146. The summed E-state index contributed by atoms with van der Waals surface area (Å²) in [5.41, 5.74) is 0.949. The van der Waals surface area contributed by atoms with Gasteiger partial charge in [-0.05, 0) is 26.8 Å². The molecule has 110 valence electrons. The van der Waals surface area contributed by atoms with Gasteiger partial charge in [-0.25, -0.2) is 0 Å². The van der Waals surface area contributed by atoms with E-state index in [-0.39, 0.29) is 18.8 Å². The first-order chi connectivity index (χ1) is 8.66. The van der Waals surface area contributed by atoms with E-state index >= 15 is 0 Å². The van der Waals surface area contributed by atoms with Crippen molar-refractivity contribution < 1.29 is 22.3 Å². The lowest BCUT2D eigenvalue weighted by Gasteiger charge is -2.19. The molecule has 0 radical (unpaired) electrons. The topological polar surface area (TPSA) is 34.4 Å². The first-order valence-corrected chi connectivity index (χ1v) is 6.11. The molecular weight excluding hydrogens is 259 g/mol. The molecule has 1 N–H and O–H groups in total. The molecule has 0 aliphatic heterocycles. The summed E-state index contributed by atoms with van der Waals surface area (Å²) >= 11 is 0. The maximum atomic E-state index is 11.9. The Balaban J connectivity index is 2.27. The smallest absolute Gasteiger partial charge is 0.391 e. The van der Waals surface area contributed by atoms with Crippen LogP contribution >= 0.6 is 0 Å². The van der Waals surface area contributed by atoms with Crippen molar-refractivity contribution in [1.29, 1.82) is 0 Å². The number of alkyl halides is 3. The second kappa shape index (κ2) is 6.43. The molecule has 0 aliphatic rings. The second-order valence-electron chi connectivity index (χ2n) is 5.44. The van der Waals surface area contributed by atoms with Crippen LogP contribution in [0.15, 0.2) is 16.7 Å². The van der Waals surface area contributed by atoms with Crippen molar-refractivity contribution in [3.63, 3.8) is 0 Å². The van der Waals surface area contributed by atoms with Crippen LogP contribution in [0.4, 0.5) is 13.2 Å². The minimum absolute atomic E-state index is 0.000637. The molecule has 0 amide bonds. The number of rotatable bonds is 6. The highest BCUT2D eigenvalue weighted by atomic mass is 19.4. The van der Waals surface area contributed by atoms with Gasteiger partial charge >= 0.3 is 6.18 Å². The molecule has 0 fully saturated rings. The van der Waals surface area contributed by atoms with Crippen LogP contribution in [0.25, 0.3) is 0 Å². The first kappa shape index (κ1) is 16.0. The van der Waals surface area contributed by atoms with Gasteiger partial charge < -0.3 is 14.5 Å². The van der Waals surface area contributed by atoms with E-state index in [1.54, 1.807) is 12.3 Å². The monoisotopic (exact) mass is 279 g/mol. The number of hydrogen-bond acceptors (Lipinski definition) is 3. The molecule has 1 heterocycles. The Morgan fingerprint density at radius 3 is 2.53 bits per heavy atom. The molecule has 3 nitrogen and oxygen atoms in total. The van der Waals surface area contributed by atoms with Crippen molar-refractivity contribution in [1.82, 2.24) is 5.32 Å². The van der Waals surface area contributed by atoms with Crippen LogP contribution < -0.4 is 5.32 Å². The van der Waals surface area contributed by atoms with E-state index in [0.29, 0.717) is 12.3 Å². The maximum absolute atomic E-state index is 11.9. The molecule has 0 aromatic carbocycles. The third kappa shape index (κ3) is 7.89. The van der Waals surface area contributed by atoms with Crippen LogP contribution in [-0.4, -0.2) is 18.3 Å². The van der Waals surface area contributed by atoms with Crippen LogP contribution in [0.3, 0.4) is 0 Å². The minimum Gasteiger partial charge on any atom is -0.467 e. The lowest BCUT2D eigenvalue weighted by atomic mass is 10.1. The van der Waals surface area contributed by atoms with Crippen LogP contribution in [0, 0.1) is 0 Å². The molecule has 0 bridgehead atoms. The molecule has 1 rings (SSSR count). The zero-order valence-corrected chi connectivity index (χ0v) is 11.4. The minimum atomic E-state index is -4.18. The van der Waals surface area contributed by atoms with Gasteiger partial charge in [0.25, 0.3) is 0 Å². The number of hydrogen-bond donors (Lipinski definition) is 1. The van der Waals surface area contributed by atoms with Gasteiger partial charge in [0.1, 0.15) is 12.4 Å². The molecule has 1 aromatic heterocycles. The zero-order chi connectivity index (χ0) is 14.5. The van der Waals surface area contributed by atoms with Crippen molar-refractivity contribution in [2.45, 2.75) is 52.1 Å². The Bertz CT molecular complexity index is 380. The number of nitrogens with one attached hydrogen (secondary N) is 1. The summed E-state index contributed by atoms with van der Waals surface area (Å²) in [5, 5.41) is 3.29. The van der Waals surface area contributed by atoms with E-state index in [1.165, 1.54) is 0 Å². The molecule has 0 atom stereocenters. The third-order valence-electron chi connectivity index (χ3n) is 2.31. The van der Waals surface area contributed by atoms with Crippen LogP contribution in [0.2, 0.25) is 0 Å². The van der Waals surface area contributed by atoms with E-state index in [1.807, 2.05) is 20.8 Å². The Labute approximate surface area is 111 Å². The van der Waals surface area contributed by atoms with Crippen LogP contribution in [0.1, 0.15) is 38.5 Å². The molecule has 0 spiro atoms. The average Bonchev–Trinajstić information content (AvgIpc) is 2.67. The van der Waals surface area contributed by atoms with Gasteiger partial charge in [0.05, 0.1) is 19.3 Å². The normalized spacial score (nSPS) is 12.9. The largest absolute Gasteiger partial charge is 0.467 e. The molecule has 0 unspecified atom stereocenters. The van der Waals surface area contributed by atoms with E-state index in [9.17, 15) is 13.2 Å². The SMILES string of the molecule is CC(C)(C)NCc1coc(COCCC(F)(F)F)c1.